The standard InChI is InChI=1S/C32H38N2/c1-9-14-24(15-10-2)34(23(6)16-13-19-33)25-17-18-28-29(21-25)32(7,8)30-20-22(5)26(11-3)27(12-4)31(28)30/h9,11-21H,3-4,10,33H2,1-2,5-8H3/b14-9-,19-13-,23-16+,24-15+. The monoisotopic (exact) mass is 450 g/mol. The lowest BCUT2D eigenvalue weighted by atomic mass is 9.80. The number of allylic oxidation sites excluding steroid dienone is 6. The molecule has 0 bridgehead atoms. The van der Waals surface area contributed by atoms with Crippen molar-refractivity contribution in [3.63, 3.8) is 0 Å². The normalized spacial score (nSPS) is 15.0. The lowest BCUT2D eigenvalue weighted by Gasteiger charge is -2.29. The molecule has 0 amide bonds. The van der Waals surface area contributed by atoms with Gasteiger partial charge in [-0.1, -0.05) is 70.4 Å². The maximum absolute atomic E-state index is 5.64. The van der Waals surface area contributed by atoms with Gasteiger partial charge in [0.1, 0.15) is 0 Å². The number of fused-ring (bicyclic) bond motifs is 3. The molecule has 0 saturated heterocycles. The van der Waals surface area contributed by atoms with Crippen LogP contribution in [-0.4, -0.2) is 0 Å². The fourth-order valence-electron chi connectivity index (χ4n) is 5.12. The summed E-state index contributed by atoms with van der Waals surface area (Å²) in [5.41, 5.74) is 17.7. The fraction of sp³-hybridized carbons (Fsp3) is 0.250. The number of benzene rings is 2. The van der Waals surface area contributed by atoms with Gasteiger partial charge in [0.15, 0.2) is 0 Å². The Morgan fingerprint density at radius 2 is 1.79 bits per heavy atom. The average Bonchev–Trinajstić information content (AvgIpc) is 3.03. The van der Waals surface area contributed by atoms with Crippen molar-refractivity contribution in [3.8, 4) is 11.1 Å². The molecule has 2 N–H and O–H groups in total. The Balaban J connectivity index is 2.31. The summed E-state index contributed by atoms with van der Waals surface area (Å²) in [5.74, 6) is 0. The smallest absolute Gasteiger partial charge is 0.0461 e. The number of nitrogens with zero attached hydrogens (tertiary/aromatic N) is 1. The number of hydrogen-bond acceptors (Lipinski definition) is 2. The van der Waals surface area contributed by atoms with E-state index in [-0.39, 0.29) is 5.41 Å². The van der Waals surface area contributed by atoms with Gasteiger partial charge in [0, 0.05) is 22.5 Å². The van der Waals surface area contributed by atoms with Crippen LogP contribution in [0.3, 0.4) is 0 Å². The van der Waals surface area contributed by atoms with Gasteiger partial charge in [-0.05, 0) is 103 Å². The number of aryl methyl sites for hydroxylation is 1. The molecule has 0 aromatic heterocycles. The van der Waals surface area contributed by atoms with E-state index in [0.29, 0.717) is 0 Å². The van der Waals surface area contributed by atoms with Gasteiger partial charge in [0.2, 0.25) is 0 Å². The van der Waals surface area contributed by atoms with Crippen LogP contribution in [0.25, 0.3) is 23.3 Å². The molecule has 176 valence electrons. The molecule has 1 aliphatic carbocycles. The molecule has 34 heavy (non-hydrogen) atoms. The van der Waals surface area contributed by atoms with Crippen LogP contribution < -0.4 is 10.6 Å². The molecule has 2 aromatic carbocycles. The largest absolute Gasteiger partial charge is 0.405 e. The van der Waals surface area contributed by atoms with E-state index in [1.54, 1.807) is 6.20 Å². The minimum absolute atomic E-state index is 0.126. The van der Waals surface area contributed by atoms with Crippen LogP contribution in [0.15, 0.2) is 85.4 Å². The molecule has 2 heteroatoms. The van der Waals surface area contributed by atoms with Gasteiger partial charge in [-0.3, -0.25) is 0 Å². The Hall–Kier alpha value is -3.52. The lowest BCUT2D eigenvalue weighted by Crippen LogP contribution is -2.21. The molecule has 0 fully saturated rings. The summed E-state index contributed by atoms with van der Waals surface area (Å²) in [6.45, 7) is 21.4. The van der Waals surface area contributed by atoms with E-state index in [1.807, 2.05) is 18.2 Å². The minimum Gasteiger partial charge on any atom is -0.405 e. The molecule has 0 spiro atoms. The number of rotatable bonds is 8. The number of anilines is 1. The summed E-state index contributed by atoms with van der Waals surface area (Å²) in [6.07, 6.45) is 16.9. The molecular formula is C32H38N2. The van der Waals surface area contributed by atoms with Gasteiger partial charge < -0.3 is 10.6 Å². The van der Waals surface area contributed by atoms with E-state index in [0.717, 1.165) is 29.1 Å². The highest BCUT2D eigenvalue weighted by Gasteiger charge is 2.38. The molecule has 0 atom stereocenters. The zero-order valence-electron chi connectivity index (χ0n) is 21.6. The summed E-state index contributed by atoms with van der Waals surface area (Å²) < 4.78 is 0. The Bertz CT molecular complexity index is 1230. The maximum atomic E-state index is 5.64. The van der Waals surface area contributed by atoms with Crippen LogP contribution in [0.4, 0.5) is 5.69 Å². The summed E-state index contributed by atoms with van der Waals surface area (Å²) in [6, 6.07) is 9.17. The van der Waals surface area contributed by atoms with Crippen molar-refractivity contribution >= 4 is 17.8 Å². The van der Waals surface area contributed by atoms with Crippen molar-refractivity contribution in [2.75, 3.05) is 4.90 Å². The van der Waals surface area contributed by atoms with Crippen LogP contribution >= 0.6 is 0 Å². The van der Waals surface area contributed by atoms with E-state index < -0.39 is 0 Å². The van der Waals surface area contributed by atoms with E-state index >= 15 is 0 Å². The second kappa shape index (κ2) is 10.2. The predicted octanol–water partition coefficient (Wildman–Crippen LogP) is 8.64. The zero-order chi connectivity index (χ0) is 25.0. The van der Waals surface area contributed by atoms with Crippen LogP contribution in [-0.2, 0) is 5.41 Å². The topological polar surface area (TPSA) is 29.3 Å². The maximum Gasteiger partial charge on any atom is 0.0461 e. The first-order valence-electron chi connectivity index (χ1n) is 12.0. The Morgan fingerprint density at radius 1 is 1.09 bits per heavy atom. The quantitative estimate of drug-likeness (QED) is 0.408. The van der Waals surface area contributed by atoms with Crippen LogP contribution in [0.2, 0.25) is 0 Å². The van der Waals surface area contributed by atoms with Crippen molar-refractivity contribution in [1.29, 1.82) is 0 Å². The molecule has 3 rings (SSSR count). The number of nitrogens with two attached hydrogens (primary N) is 1. The van der Waals surface area contributed by atoms with Crippen LogP contribution in [0.5, 0.6) is 0 Å². The predicted molar refractivity (Wildman–Crippen MR) is 152 cm³/mol. The Morgan fingerprint density at radius 3 is 2.38 bits per heavy atom. The summed E-state index contributed by atoms with van der Waals surface area (Å²) in [5, 5.41) is 0. The SMILES string of the molecule is C=Cc1c(C)cc2c(c1C=C)-c1ccc(N(/C(C)=C/C=C\N)C(/C=C\C)=C/CC)cc1C2(C)C. The molecular weight excluding hydrogens is 412 g/mol. The lowest BCUT2D eigenvalue weighted by molar-refractivity contribution is 0.659. The average molecular weight is 451 g/mol. The first kappa shape index (κ1) is 25.1. The van der Waals surface area contributed by atoms with Crippen LogP contribution in [0.1, 0.15) is 68.9 Å². The van der Waals surface area contributed by atoms with Crippen molar-refractivity contribution < 1.29 is 0 Å². The fourth-order valence-corrected chi connectivity index (χ4v) is 5.12. The van der Waals surface area contributed by atoms with E-state index in [1.165, 1.54) is 33.4 Å². The molecule has 0 saturated carbocycles. The van der Waals surface area contributed by atoms with Gasteiger partial charge in [-0.25, -0.2) is 0 Å². The van der Waals surface area contributed by atoms with Gasteiger partial charge in [-0.15, -0.1) is 0 Å². The molecule has 2 nitrogen and oxygen atoms in total. The van der Waals surface area contributed by atoms with Gasteiger partial charge >= 0.3 is 0 Å². The summed E-state index contributed by atoms with van der Waals surface area (Å²) in [4.78, 5) is 2.30. The Labute approximate surface area is 206 Å². The molecule has 0 aliphatic heterocycles. The third-order valence-corrected chi connectivity index (χ3v) is 6.71. The minimum atomic E-state index is -0.126. The highest BCUT2D eigenvalue weighted by atomic mass is 15.1. The Kier molecular flexibility index (Phi) is 7.51. The first-order chi connectivity index (χ1) is 16.3. The summed E-state index contributed by atoms with van der Waals surface area (Å²) in [7, 11) is 0. The molecule has 1 aliphatic rings. The van der Waals surface area contributed by atoms with Gasteiger partial charge in [-0.2, -0.15) is 0 Å². The highest BCUT2D eigenvalue weighted by molar-refractivity contribution is 5.92. The van der Waals surface area contributed by atoms with Crippen molar-refractivity contribution in [3.05, 3.63) is 113 Å². The van der Waals surface area contributed by atoms with Gasteiger partial charge in [0.25, 0.3) is 0 Å². The molecule has 2 aromatic rings. The van der Waals surface area contributed by atoms with E-state index in [4.69, 9.17) is 5.73 Å². The highest BCUT2D eigenvalue weighted by Crippen LogP contribution is 2.52. The first-order valence-corrected chi connectivity index (χ1v) is 12.0. The van der Waals surface area contributed by atoms with E-state index in [9.17, 15) is 0 Å². The number of hydrogen-bond donors (Lipinski definition) is 1. The second-order valence-corrected chi connectivity index (χ2v) is 9.27. The second-order valence-electron chi connectivity index (χ2n) is 9.27. The van der Waals surface area contributed by atoms with E-state index in [2.05, 4.69) is 108 Å². The molecule has 0 heterocycles. The molecule has 0 radical (unpaired) electrons. The van der Waals surface area contributed by atoms with Crippen molar-refractivity contribution in [2.24, 2.45) is 5.73 Å². The zero-order valence-corrected chi connectivity index (χ0v) is 21.6. The van der Waals surface area contributed by atoms with Crippen molar-refractivity contribution in [1.82, 2.24) is 0 Å². The van der Waals surface area contributed by atoms with Crippen LogP contribution in [0, 0.1) is 6.92 Å². The third-order valence-electron chi connectivity index (χ3n) is 6.71. The molecule has 0 unspecified atom stereocenters. The van der Waals surface area contributed by atoms with Crippen molar-refractivity contribution in [2.45, 2.75) is 53.4 Å². The summed E-state index contributed by atoms with van der Waals surface area (Å²) >= 11 is 0. The van der Waals surface area contributed by atoms with Gasteiger partial charge in [0.05, 0.1) is 0 Å². The third kappa shape index (κ3) is 4.21.